The molecule has 0 aliphatic carbocycles. The van der Waals surface area contributed by atoms with Crippen LogP contribution >= 0.6 is 0 Å². The molecule has 0 bridgehead atoms. The van der Waals surface area contributed by atoms with Crippen LogP contribution in [0.4, 0.5) is 26.3 Å². The molecule has 0 radical (unpaired) electrons. The molecule has 0 amide bonds. The number of ether oxygens (including phenoxy) is 3. The van der Waals surface area contributed by atoms with Crippen LogP contribution in [0.5, 0.6) is 0 Å². The van der Waals surface area contributed by atoms with E-state index in [0.717, 1.165) is 0 Å². The number of carbonyl (C=O) groups excluding carboxylic acids is 3. The highest BCUT2D eigenvalue weighted by Crippen LogP contribution is 2.47. The van der Waals surface area contributed by atoms with Crippen molar-refractivity contribution in [3.8, 4) is 0 Å². The van der Waals surface area contributed by atoms with Gasteiger partial charge in [-0.25, -0.2) is 0 Å². The maximum atomic E-state index is 12.6. The standard InChI is InChI=1S/C19H28F6O6/c1-7-16(4,5)17(6,9-11(2)3)15(28)30-10-29-12(26)8-13(27)31-14(18(20,21)22)19(23,24)25/h11,14H,7-10H2,1-6H3. The Labute approximate surface area is 176 Å². The summed E-state index contributed by atoms with van der Waals surface area (Å²) in [5.74, 6) is -4.18. The lowest BCUT2D eigenvalue weighted by molar-refractivity contribution is -0.313. The maximum absolute atomic E-state index is 12.6. The molecule has 1 unspecified atom stereocenters. The van der Waals surface area contributed by atoms with Crippen molar-refractivity contribution >= 4 is 17.9 Å². The number of halogens is 6. The molecule has 0 aromatic rings. The first-order chi connectivity index (χ1) is 13.8. The molecule has 0 heterocycles. The lowest BCUT2D eigenvalue weighted by Gasteiger charge is -2.42. The van der Waals surface area contributed by atoms with Gasteiger partial charge in [-0.05, 0) is 31.1 Å². The van der Waals surface area contributed by atoms with E-state index < -0.39 is 60.4 Å². The first-order valence-electron chi connectivity index (χ1n) is 9.43. The second-order valence-electron chi connectivity index (χ2n) is 8.36. The van der Waals surface area contributed by atoms with Gasteiger partial charge in [0, 0.05) is 0 Å². The highest BCUT2D eigenvalue weighted by Gasteiger charge is 2.60. The Kier molecular flexibility index (Phi) is 9.85. The summed E-state index contributed by atoms with van der Waals surface area (Å²) < 4.78 is 86.9. The number of rotatable bonds is 10. The average Bonchev–Trinajstić information content (AvgIpc) is 2.56. The first kappa shape index (κ1) is 29.0. The maximum Gasteiger partial charge on any atom is 0.434 e. The number of esters is 3. The van der Waals surface area contributed by atoms with Crippen molar-refractivity contribution in [3.05, 3.63) is 0 Å². The Morgan fingerprint density at radius 1 is 0.839 bits per heavy atom. The number of carbonyl (C=O) groups is 3. The van der Waals surface area contributed by atoms with Crippen LogP contribution in [0.15, 0.2) is 0 Å². The van der Waals surface area contributed by atoms with E-state index in [1.807, 2.05) is 34.6 Å². The minimum absolute atomic E-state index is 0.121. The van der Waals surface area contributed by atoms with Gasteiger partial charge < -0.3 is 14.2 Å². The molecule has 0 saturated carbocycles. The largest absolute Gasteiger partial charge is 0.442 e. The minimum Gasteiger partial charge on any atom is -0.442 e. The Hall–Kier alpha value is -2.01. The monoisotopic (exact) mass is 466 g/mol. The predicted molar refractivity (Wildman–Crippen MR) is 95.3 cm³/mol. The molecule has 0 rings (SSSR count). The Morgan fingerprint density at radius 2 is 1.32 bits per heavy atom. The normalized spacial score (nSPS) is 14.9. The van der Waals surface area contributed by atoms with Crippen LogP contribution in [0.2, 0.25) is 0 Å². The lowest BCUT2D eigenvalue weighted by atomic mass is 9.62. The van der Waals surface area contributed by atoms with Gasteiger partial charge in [0.05, 0.1) is 5.41 Å². The lowest BCUT2D eigenvalue weighted by Crippen LogP contribution is -2.45. The topological polar surface area (TPSA) is 78.9 Å². The van der Waals surface area contributed by atoms with Gasteiger partial charge in [-0.15, -0.1) is 0 Å². The number of alkyl halides is 6. The van der Waals surface area contributed by atoms with Crippen molar-refractivity contribution in [2.45, 2.75) is 79.3 Å². The molecule has 0 spiro atoms. The Morgan fingerprint density at radius 3 is 1.71 bits per heavy atom. The van der Waals surface area contributed by atoms with E-state index in [1.165, 1.54) is 0 Å². The Balaban J connectivity index is 4.90. The van der Waals surface area contributed by atoms with E-state index >= 15 is 0 Å². The SMILES string of the molecule is CCC(C)(C)C(C)(CC(C)C)C(=O)OCOC(=O)CC(=O)OC(C(F)(F)F)C(F)(F)F. The highest BCUT2D eigenvalue weighted by atomic mass is 19.4. The molecule has 0 aliphatic rings. The molecule has 6 nitrogen and oxygen atoms in total. The highest BCUT2D eigenvalue weighted by molar-refractivity contribution is 5.91. The summed E-state index contributed by atoms with van der Waals surface area (Å²) in [5.41, 5.74) is -1.46. The van der Waals surface area contributed by atoms with Crippen molar-refractivity contribution < 1.29 is 54.9 Å². The molecule has 0 aromatic heterocycles. The summed E-state index contributed by atoms with van der Waals surface area (Å²) in [6.07, 6.45) is -16.6. The summed E-state index contributed by atoms with van der Waals surface area (Å²) >= 11 is 0. The van der Waals surface area contributed by atoms with E-state index in [-0.39, 0.29) is 5.92 Å². The molecule has 0 saturated heterocycles. The minimum atomic E-state index is -5.90. The molecular formula is C19H28F6O6. The van der Waals surface area contributed by atoms with Crippen molar-refractivity contribution in [2.75, 3.05) is 6.79 Å². The summed E-state index contributed by atoms with van der Waals surface area (Å²) in [6, 6.07) is 0. The van der Waals surface area contributed by atoms with Crippen LogP contribution in [0.1, 0.15) is 60.8 Å². The van der Waals surface area contributed by atoms with Gasteiger partial charge in [0.2, 0.25) is 6.79 Å². The van der Waals surface area contributed by atoms with Crippen LogP contribution in [-0.4, -0.2) is 43.2 Å². The second kappa shape index (κ2) is 10.5. The molecule has 0 aliphatic heterocycles. The predicted octanol–water partition coefficient (Wildman–Crippen LogP) is 4.95. The fourth-order valence-corrected chi connectivity index (χ4v) is 2.81. The molecule has 0 aromatic carbocycles. The van der Waals surface area contributed by atoms with Crippen LogP contribution in [0.25, 0.3) is 0 Å². The molecule has 182 valence electrons. The van der Waals surface area contributed by atoms with Gasteiger partial charge in [0.1, 0.15) is 6.42 Å². The third kappa shape index (κ3) is 8.56. The van der Waals surface area contributed by atoms with E-state index in [1.54, 1.807) is 6.92 Å². The van der Waals surface area contributed by atoms with E-state index in [2.05, 4.69) is 9.47 Å². The third-order valence-electron chi connectivity index (χ3n) is 5.19. The van der Waals surface area contributed by atoms with Crippen molar-refractivity contribution in [3.63, 3.8) is 0 Å². The quantitative estimate of drug-likeness (QED) is 0.196. The molecule has 1 atom stereocenters. The summed E-state index contributed by atoms with van der Waals surface area (Å²) in [4.78, 5) is 35.4. The zero-order valence-electron chi connectivity index (χ0n) is 18.2. The van der Waals surface area contributed by atoms with Gasteiger partial charge in [0.25, 0.3) is 6.10 Å². The summed E-state index contributed by atoms with van der Waals surface area (Å²) in [7, 11) is 0. The van der Waals surface area contributed by atoms with Gasteiger partial charge >= 0.3 is 30.3 Å². The van der Waals surface area contributed by atoms with Crippen molar-refractivity contribution in [1.82, 2.24) is 0 Å². The third-order valence-corrected chi connectivity index (χ3v) is 5.19. The Bertz CT molecular complexity index is 627. The average molecular weight is 466 g/mol. The van der Waals surface area contributed by atoms with Gasteiger partial charge in [-0.3, -0.25) is 14.4 Å². The molecule has 0 N–H and O–H groups in total. The van der Waals surface area contributed by atoms with Gasteiger partial charge in [-0.1, -0.05) is 34.6 Å². The summed E-state index contributed by atoms with van der Waals surface area (Å²) in [6.45, 7) is 10.1. The fourth-order valence-electron chi connectivity index (χ4n) is 2.81. The van der Waals surface area contributed by atoms with E-state index in [0.29, 0.717) is 12.8 Å². The first-order valence-corrected chi connectivity index (χ1v) is 9.43. The number of hydrogen-bond donors (Lipinski definition) is 0. The zero-order valence-corrected chi connectivity index (χ0v) is 18.2. The fraction of sp³-hybridized carbons (Fsp3) is 0.842. The summed E-state index contributed by atoms with van der Waals surface area (Å²) in [5, 5.41) is 0. The van der Waals surface area contributed by atoms with Crippen LogP contribution < -0.4 is 0 Å². The molecule has 0 fully saturated rings. The van der Waals surface area contributed by atoms with Crippen molar-refractivity contribution in [2.24, 2.45) is 16.7 Å². The zero-order chi connectivity index (χ0) is 24.8. The van der Waals surface area contributed by atoms with E-state index in [4.69, 9.17) is 4.74 Å². The molecule has 31 heavy (non-hydrogen) atoms. The van der Waals surface area contributed by atoms with E-state index in [9.17, 15) is 40.7 Å². The van der Waals surface area contributed by atoms with Crippen molar-refractivity contribution in [1.29, 1.82) is 0 Å². The molecule has 12 heteroatoms. The van der Waals surface area contributed by atoms with Gasteiger partial charge in [-0.2, -0.15) is 26.3 Å². The van der Waals surface area contributed by atoms with Gasteiger partial charge in [0.15, 0.2) is 0 Å². The smallest absolute Gasteiger partial charge is 0.434 e. The van der Waals surface area contributed by atoms with Crippen LogP contribution in [-0.2, 0) is 28.6 Å². The number of hydrogen-bond acceptors (Lipinski definition) is 6. The second-order valence-corrected chi connectivity index (χ2v) is 8.36. The molecular weight excluding hydrogens is 438 g/mol. The van der Waals surface area contributed by atoms with Crippen LogP contribution in [0.3, 0.4) is 0 Å². The van der Waals surface area contributed by atoms with Crippen LogP contribution in [0, 0.1) is 16.7 Å².